The van der Waals surface area contributed by atoms with Crippen LogP contribution in [0.15, 0.2) is 29.4 Å². The molecule has 146 valence electrons. The summed E-state index contributed by atoms with van der Waals surface area (Å²) >= 11 is 1.55. The molecule has 0 radical (unpaired) electrons. The van der Waals surface area contributed by atoms with Gasteiger partial charge in [-0.1, -0.05) is 54.9 Å². The van der Waals surface area contributed by atoms with Crippen molar-refractivity contribution in [3.8, 4) is 0 Å². The van der Waals surface area contributed by atoms with Crippen LogP contribution in [0.3, 0.4) is 0 Å². The standard InChI is InChI=1S/C22H31N3OS/c1-5-6-13-25-17(4)16(3)23-22(25)27-14-20(26)24-21(19-11-12-19)18-9-7-15(2)8-10-18/h7-10,19,21H,5-6,11-14H2,1-4H3,(H,24,26). The summed E-state index contributed by atoms with van der Waals surface area (Å²) < 4.78 is 2.26. The van der Waals surface area contributed by atoms with Gasteiger partial charge in [0.25, 0.3) is 0 Å². The molecule has 1 atom stereocenters. The van der Waals surface area contributed by atoms with Crippen molar-refractivity contribution in [1.29, 1.82) is 0 Å². The number of rotatable bonds is 9. The maximum Gasteiger partial charge on any atom is 0.230 e. The van der Waals surface area contributed by atoms with Gasteiger partial charge in [-0.3, -0.25) is 4.79 Å². The molecule has 2 aromatic rings. The zero-order valence-corrected chi connectivity index (χ0v) is 17.7. The van der Waals surface area contributed by atoms with Gasteiger partial charge < -0.3 is 9.88 Å². The zero-order valence-electron chi connectivity index (χ0n) is 16.9. The van der Waals surface area contributed by atoms with E-state index in [-0.39, 0.29) is 11.9 Å². The van der Waals surface area contributed by atoms with Crippen LogP contribution in [0.2, 0.25) is 0 Å². The van der Waals surface area contributed by atoms with Gasteiger partial charge in [0.15, 0.2) is 5.16 Å². The van der Waals surface area contributed by atoms with Crippen molar-refractivity contribution in [2.24, 2.45) is 5.92 Å². The molecule has 27 heavy (non-hydrogen) atoms. The second-order valence-electron chi connectivity index (χ2n) is 7.65. The molecule has 1 saturated carbocycles. The van der Waals surface area contributed by atoms with E-state index in [0.717, 1.165) is 30.2 Å². The normalized spacial score (nSPS) is 15.0. The molecule has 1 aromatic carbocycles. The fourth-order valence-corrected chi connectivity index (χ4v) is 4.26. The lowest BCUT2D eigenvalue weighted by atomic mass is 10.0. The number of carbonyl (C=O) groups is 1. The predicted octanol–water partition coefficient (Wildman–Crippen LogP) is 4.97. The molecule has 1 aliphatic carbocycles. The minimum atomic E-state index is 0.0952. The van der Waals surface area contributed by atoms with E-state index in [4.69, 9.17) is 0 Å². The van der Waals surface area contributed by atoms with Gasteiger partial charge in [0.2, 0.25) is 5.91 Å². The predicted molar refractivity (Wildman–Crippen MR) is 112 cm³/mol. The molecule has 1 aliphatic rings. The Kier molecular flexibility index (Phi) is 6.64. The first-order valence-electron chi connectivity index (χ1n) is 10.0. The van der Waals surface area contributed by atoms with Crippen molar-refractivity contribution < 1.29 is 4.79 Å². The fraction of sp³-hybridized carbons (Fsp3) is 0.545. The van der Waals surface area contributed by atoms with Crippen LogP contribution in [-0.4, -0.2) is 21.2 Å². The number of benzene rings is 1. The number of nitrogens with zero attached hydrogens (tertiary/aromatic N) is 2. The van der Waals surface area contributed by atoms with Gasteiger partial charge >= 0.3 is 0 Å². The minimum Gasteiger partial charge on any atom is -0.348 e. The van der Waals surface area contributed by atoms with E-state index in [2.05, 4.69) is 59.9 Å². The first-order valence-corrected chi connectivity index (χ1v) is 11.0. The van der Waals surface area contributed by atoms with Gasteiger partial charge in [-0.2, -0.15) is 0 Å². The Balaban J connectivity index is 1.62. The Hall–Kier alpha value is -1.75. The molecule has 5 heteroatoms. The lowest BCUT2D eigenvalue weighted by Gasteiger charge is -2.19. The summed E-state index contributed by atoms with van der Waals surface area (Å²) in [5, 5.41) is 4.24. The Bertz CT molecular complexity index is 778. The minimum absolute atomic E-state index is 0.0952. The summed E-state index contributed by atoms with van der Waals surface area (Å²) in [7, 11) is 0. The number of nitrogens with one attached hydrogen (secondary N) is 1. The van der Waals surface area contributed by atoms with Crippen LogP contribution in [0.5, 0.6) is 0 Å². The number of thioether (sulfide) groups is 1. The number of amides is 1. The first kappa shape index (κ1) is 20.0. The van der Waals surface area contributed by atoms with Gasteiger partial charge in [0.05, 0.1) is 17.5 Å². The summed E-state index contributed by atoms with van der Waals surface area (Å²) in [6, 6.07) is 8.69. The molecular formula is C22H31N3OS. The molecule has 0 saturated heterocycles. The number of aryl methyl sites for hydroxylation is 2. The molecule has 1 heterocycles. The molecule has 1 fully saturated rings. The number of hydrogen-bond acceptors (Lipinski definition) is 3. The first-order chi connectivity index (χ1) is 13.0. The Morgan fingerprint density at radius 3 is 2.59 bits per heavy atom. The largest absolute Gasteiger partial charge is 0.348 e. The SMILES string of the molecule is CCCCn1c(SCC(=O)NC(c2ccc(C)cc2)C2CC2)nc(C)c1C. The highest BCUT2D eigenvalue weighted by Gasteiger charge is 2.33. The molecule has 3 rings (SSSR count). The van der Waals surface area contributed by atoms with Crippen LogP contribution < -0.4 is 5.32 Å². The third-order valence-electron chi connectivity index (χ3n) is 5.34. The highest BCUT2D eigenvalue weighted by Crippen LogP contribution is 2.41. The quantitative estimate of drug-likeness (QED) is 0.620. The smallest absolute Gasteiger partial charge is 0.230 e. The molecule has 1 N–H and O–H groups in total. The third-order valence-corrected chi connectivity index (χ3v) is 6.31. The number of carbonyl (C=O) groups excluding carboxylic acids is 1. The average molecular weight is 386 g/mol. The van der Waals surface area contributed by atoms with E-state index in [9.17, 15) is 4.79 Å². The molecule has 0 aliphatic heterocycles. The van der Waals surface area contributed by atoms with Crippen molar-refractivity contribution in [2.45, 2.75) is 71.1 Å². The Morgan fingerprint density at radius 2 is 1.96 bits per heavy atom. The second-order valence-corrected chi connectivity index (χ2v) is 8.59. The molecule has 4 nitrogen and oxygen atoms in total. The fourth-order valence-electron chi connectivity index (χ4n) is 3.34. The van der Waals surface area contributed by atoms with Crippen molar-refractivity contribution in [3.63, 3.8) is 0 Å². The van der Waals surface area contributed by atoms with Crippen molar-refractivity contribution >= 4 is 17.7 Å². The van der Waals surface area contributed by atoms with Crippen molar-refractivity contribution in [1.82, 2.24) is 14.9 Å². The number of unbranched alkanes of at least 4 members (excludes halogenated alkanes) is 1. The van der Waals surface area contributed by atoms with Gasteiger partial charge in [-0.25, -0.2) is 4.98 Å². The van der Waals surface area contributed by atoms with Crippen molar-refractivity contribution in [3.05, 3.63) is 46.8 Å². The lowest BCUT2D eigenvalue weighted by Crippen LogP contribution is -2.31. The maximum atomic E-state index is 12.6. The second kappa shape index (κ2) is 8.96. The summed E-state index contributed by atoms with van der Waals surface area (Å²) in [5.74, 6) is 1.09. The van der Waals surface area contributed by atoms with Crippen LogP contribution in [0.1, 0.15) is 61.2 Å². The maximum absolute atomic E-state index is 12.6. The summed E-state index contributed by atoms with van der Waals surface area (Å²) in [4.78, 5) is 17.3. The molecule has 1 amide bonds. The zero-order chi connectivity index (χ0) is 19.4. The van der Waals surface area contributed by atoms with Gasteiger partial charge in [-0.15, -0.1) is 0 Å². The highest BCUT2D eigenvalue weighted by atomic mass is 32.2. The van der Waals surface area contributed by atoms with Gasteiger partial charge in [0, 0.05) is 12.2 Å². The van der Waals surface area contributed by atoms with Crippen molar-refractivity contribution in [2.75, 3.05) is 5.75 Å². The van der Waals surface area contributed by atoms with E-state index >= 15 is 0 Å². The molecule has 1 aromatic heterocycles. The van der Waals surface area contributed by atoms with E-state index < -0.39 is 0 Å². The Morgan fingerprint density at radius 1 is 1.26 bits per heavy atom. The summed E-state index contributed by atoms with van der Waals surface area (Å²) in [6.07, 6.45) is 4.69. The van der Waals surface area contributed by atoms with E-state index in [1.807, 2.05) is 6.92 Å². The topological polar surface area (TPSA) is 46.9 Å². The number of aromatic nitrogens is 2. The van der Waals surface area contributed by atoms with Gasteiger partial charge in [-0.05, 0) is 51.5 Å². The molecule has 0 spiro atoms. The lowest BCUT2D eigenvalue weighted by molar-refractivity contribution is -0.119. The Labute approximate surface area is 167 Å². The van der Waals surface area contributed by atoms with E-state index in [1.165, 1.54) is 29.7 Å². The highest BCUT2D eigenvalue weighted by molar-refractivity contribution is 7.99. The summed E-state index contributed by atoms with van der Waals surface area (Å²) in [5.41, 5.74) is 4.74. The monoisotopic (exact) mass is 385 g/mol. The van der Waals surface area contributed by atoms with Crippen LogP contribution in [0.4, 0.5) is 0 Å². The average Bonchev–Trinajstić information content (AvgIpc) is 3.45. The number of hydrogen-bond donors (Lipinski definition) is 1. The number of imidazole rings is 1. The summed E-state index contributed by atoms with van der Waals surface area (Å²) in [6.45, 7) is 9.42. The van der Waals surface area contributed by atoms with Crippen LogP contribution >= 0.6 is 11.8 Å². The molecular weight excluding hydrogens is 354 g/mol. The third kappa shape index (κ3) is 5.16. The molecule has 1 unspecified atom stereocenters. The molecule has 0 bridgehead atoms. The van der Waals surface area contributed by atoms with E-state index in [1.54, 1.807) is 11.8 Å². The van der Waals surface area contributed by atoms with Gasteiger partial charge in [0.1, 0.15) is 0 Å². The van der Waals surface area contributed by atoms with E-state index in [0.29, 0.717) is 11.7 Å². The van der Waals surface area contributed by atoms with Crippen LogP contribution in [-0.2, 0) is 11.3 Å². The van der Waals surface area contributed by atoms with Crippen LogP contribution in [0.25, 0.3) is 0 Å². The van der Waals surface area contributed by atoms with Crippen LogP contribution in [0, 0.1) is 26.7 Å².